The zero-order chi connectivity index (χ0) is 16.7. The Morgan fingerprint density at radius 3 is 2.67 bits per heavy atom. The third-order valence-corrected chi connectivity index (χ3v) is 8.36. The second-order valence-corrected chi connectivity index (χ2v) is 9.60. The Hall–Kier alpha value is -1.04. The molecule has 1 aromatic carbocycles. The van der Waals surface area contributed by atoms with E-state index in [9.17, 15) is 4.79 Å². The van der Waals surface area contributed by atoms with E-state index in [0.29, 0.717) is 10.8 Å². The van der Waals surface area contributed by atoms with Crippen molar-refractivity contribution in [2.24, 2.45) is 0 Å². The lowest BCUT2D eigenvalue weighted by molar-refractivity contribution is 0.0994. The van der Waals surface area contributed by atoms with Crippen LogP contribution in [0.5, 0.6) is 0 Å². The highest BCUT2D eigenvalue weighted by Crippen LogP contribution is 2.59. The molecule has 0 radical (unpaired) electrons. The van der Waals surface area contributed by atoms with Gasteiger partial charge in [-0.05, 0) is 44.0 Å². The summed E-state index contributed by atoms with van der Waals surface area (Å²) in [7, 11) is 0. The number of nitrogens with one attached hydrogen (secondary N) is 1. The summed E-state index contributed by atoms with van der Waals surface area (Å²) in [6.07, 6.45) is 3.21. The lowest BCUT2D eigenvalue weighted by Crippen LogP contribution is -2.21. The van der Waals surface area contributed by atoms with Crippen molar-refractivity contribution in [3.63, 3.8) is 0 Å². The van der Waals surface area contributed by atoms with Crippen LogP contribution in [-0.2, 0) is 10.5 Å². The van der Waals surface area contributed by atoms with E-state index in [2.05, 4.69) is 5.32 Å². The normalized spacial score (nSPS) is 18.6. The highest BCUT2D eigenvalue weighted by atomic mass is 35.5. The van der Waals surface area contributed by atoms with E-state index in [1.807, 2.05) is 30.4 Å². The Bertz CT molecular complexity index is 779. The summed E-state index contributed by atoms with van der Waals surface area (Å²) in [6, 6.07) is 7.11. The van der Waals surface area contributed by atoms with Crippen molar-refractivity contribution in [2.75, 3.05) is 16.8 Å². The van der Waals surface area contributed by atoms with Crippen LogP contribution in [0.15, 0.2) is 28.7 Å². The standard InChI is InChI=1S/C18H18ClNO2S2/c1-11-15-14(3-2-8-18(15)23-9-10-24-18)22-16(11)17(21)20-13-6-4-12(19)5-7-13/h4-7H,2-3,8-10H2,1H3,(H,20,21). The Labute approximate surface area is 154 Å². The number of aryl methyl sites for hydroxylation is 1. The summed E-state index contributed by atoms with van der Waals surface area (Å²) in [5.74, 6) is 3.60. The first-order chi connectivity index (χ1) is 11.6. The molecule has 6 heteroatoms. The molecule has 0 bridgehead atoms. The van der Waals surface area contributed by atoms with E-state index in [0.717, 1.165) is 36.3 Å². The maximum absolute atomic E-state index is 12.7. The first kappa shape index (κ1) is 16.4. The number of halogens is 1. The molecule has 1 aliphatic heterocycles. The SMILES string of the molecule is Cc1c(C(=O)Nc2ccc(Cl)cc2)oc2c1C1(CCC2)SCCS1. The zero-order valence-electron chi connectivity index (χ0n) is 13.4. The predicted molar refractivity (Wildman–Crippen MR) is 102 cm³/mol. The fourth-order valence-electron chi connectivity index (χ4n) is 3.54. The molecule has 1 amide bonds. The van der Waals surface area contributed by atoms with Gasteiger partial charge in [0, 0.05) is 39.8 Å². The minimum Gasteiger partial charge on any atom is -0.455 e. The number of carbonyl (C=O) groups excluding carboxylic acids is 1. The van der Waals surface area contributed by atoms with Crippen LogP contribution >= 0.6 is 35.1 Å². The van der Waals surface area contributed by atoms with Gasteiger partial charge in [0.2, 0.25) is 0 Å². The molecule has 4 rings (SSSR count). The number of amides is 1. The third-order valence-electron chi connectivity index (χ3n) is 4.57. The van der Waals surface area contributed by atoms with Crippen LogP contribution in [0.2, 0.25) is 5.02 Å². The Kier molecular flexibility index (Phi) is 4.35. The Balaban J connectivity index is 1.66. The van der Waals surface area contributed by atoms with Crippen molar-refractivity contribution in [1.29, 1.82) is 0 Å². The van der Waals surface area contributed by atoms with Gasteiger partial charge in [-0.3, -0.25) is 4.79 Å². The average Bonchev–Trinajstić information content (AvgIpc) is 3.16. The fourth-order valence-corrected chi connectivity index (χ4v) is 7.22. The lowest BCUT2D eigenvalue weighted by Gasteiger charge is -2.31. The van der Waals surface area contributed by atoms with Gasteiger partial charge in [0.05, 0.1) is 4.08 Å². The molecule has 126 valence electrons. The second-order valence-electron chi connectivity index (χ2n) is 6.12. The second kappa shape index (κ2) is 6.36. The number of hydrogen-bond donors (Lipinski definition) is 1. The van der Waals surface area contributed by atoms with E-state index in [1.54, 1.807) is 24.3 Å². The molecule has 2 aromatic rings. The van der Waals surface area contributed by atoms with Crippen molar-refractivity contribution in [3.8, 4) is 0 Å². The molecular formula is C18H18ClNO2S2. The van der Waals surface area contributed by atoms with Crippen LogP contribution in [0, 0.1) is 6.92 Å². The minimum absolute atomic E-state index is 0.0972. The highest BCUT2D eigenvalue weighted by molar-refractivity contribution is 8.20. The number of fused-ring (bicyclic) bond motifs is 2. The first-order valence-electron chi connectivity index (χ1n) is 8.07. The van der Waals surface area contributed by atoms with E-state index in [-0.39, 0.29) is 9.99 Å². The third kappa shape index (κ3) is 2.76. The molecule has 1 aliphatic carbocycles. The number of furan rings is 1. The summed E-state index contributed by atoms with van der Waals surface area (Å²) in [4.78, 5) is 12.7. The van der Waals surface area contributed by atoms with Crippen LogP contribution in [0.3, 0.4) is 0 Å². The highest BCUT2D eigenvalue weighted by Gasteiger charge is 2.45. The van der Waals surface area contributed by atoms with Gasteiger partial charge in [-0.2, -0.15) is 0 Å². The number of rotatable bonds is 2. The van der Waals surface area contributed by atoms with Crippen molar-refractivity contribution in [1.82, 2.24) is 0 Å². The Morgan fingerprint density at radius 2 is 1.96 bits per heavy atom. The van der Waals surface area contributed by atoms with Crippen LogP contribution in [0.1, 0.15) is 40.3 Å². The van der Waals surface area contributed by atoms with Crippen LogP contribution in [0.4, 0.5) is 5.69 Å². The van der Waals surface area contributed by atoms with E-state index in [1.165, 1.54) is 17.1 Å². The van der Waals surface area contributed by atoms with E-state index >= 15 is 0 Å². The molecule has 1 saturated heterocycles. The quantitative estimate of drug-likeness (QED) is 0.751. The molecule has 1 N–H and O–H groups in total. The molecule has 3 nitrogen and oxygen atoms in total. The molecular weight excluding hydrogens is 362 g/mol. The number of anilines is 1. The topological polar surface area (TPSA) is 42.2 Å². The molecule has 1 spiro atoms. The maximum Gasteiger partial charge on any atom is 0.291 e. The smallest absolute Gasteiger partial charge is 0.291 e. The van der Waals surface area contributed by atoms with E-state index in [4.69, 9.17) is 16.0 Å². The van der Waals surface area contributed by atoms with Crippen molar-refractivity contribution >= 4 is 46.7 Å². The summed E-state index contributed by atoms with van der Waals surface area (Å²) in [6.45, 7) is 2.02. The number of hydrogen-bond acceptors (Lipinski definition) is 4. The number of benzene rings is 1. The van der Waals surface area contributed by atoms with Crippen molar-refractivity contribution in [2.45, 2.75) is 30.3 Å². The lowest BCUT2D eigenvalue weighted by atomic mass is 9.94. The summed E-state index contributed by atoms with van der Waals surface area (Å²) in [5, 5.41) is 3.56. The molecule has 1 aromatic heterocycles. The molecule has 1 fully saturated rings. The molecule has 24 heavy (non-hydrogen) atoms. The number of thioether (sulfide) groups is 2. The van der Waals surface area contributed by atoms with Gasteiger partial charge in [0.25, 0.3) is 5.91 Å². The molecule has 0 atom stereocenters. The van der Waals surface area contributed by atoms with Gasteiger partial charge >= 0.3 is 0 Å². The summed E-state index contributed by atoms with van der Waals surface area (Å²) >= 11 is 9.91. The van der Waals surface area contributed by atoms with Crippen LogP contribution < -0.4 is 5.32 Å². The van der Waals surface area contributed by atoms with Gasteiger partial charge in [-0.15, -0.1) is 23.5 Å². The molecule has 2 aliphatic rings. The zero-order valence-corrected chi connectivity index (χ0v) is 15.7. The summed E-state index contributed by atoms with van der Waals surface area (Å²) < 4.78 is 6.11. The van der Waals surface area contributed by atoms with E-state index < -0.39 is 0 Å². The fraction of sp³-hybridized carbons (Fsp3) is 0.389. The van der Waals surface area contributed by atoms with Crippen molar-refractivity contribution < 1.29 is 9.21 Å². The van der Waals surface area contributed by atoms with Gasteiger partial charge in [0.15, 0.2) is 5.76 Å². The number of carbonyl (C=O) groups is 1. The average molecular weight is 380 g/mol. The van der Waals surface area contributed by atoms with Gasteiger partial charge < -0.3 is 9.73 Å². The maximum atomic E-state index is 12.7. The largest absolute Gasteiger partial charge is 0.455 e. The minimum atomic E-state index is -0.188. The Morgan fingerprint density at radius 1 is 1.25 bits per heavy atom. The predicted octanol–water partition coefficient (Wildman–Crippen LogP) is 5.46. The summed E-state index contributed by atoms with van der Waals surface area (Å²) in [5.41, 5.74) is 2.98. The first-order valence-corrected chi connectivity index (χ1v) is 10.4. The van der Waals surface area contributed by atoms with Gasteiger partial charge in [-0.1, -0.05) is 11.6 Å². The van der Waals surface area contributed by atoms with Gasteiger partial charge in [-0.25, -0.2) is 0 Å². The molecule has 0 unspecified atom stereocenters. The van der Waals surface area contributed by atoms with Crippen LogP contribution in [0.25, 0.3) is 0 Å². The van der Waals surface area contributed by atoms with Crippen LogP contribution in [-0.4, -0.2) is 17.4 Å². The van der Waals surface area contributed by atoms with Gasteiger partial charge in [0.1, 0.15) is 5.76 Å². The molecule has 0 saturated carbocycles. The van der Waals surface area contributed by atoms with Crippen molar-refractivity contribution in [3.05, 3.63) is 51.9 Å². The monoisotopic (exact) mass is 379 g/mol. The molecule has 2 heterocycles.